The van der Waals surface area contributed by atoms with Gasteiger partial charge in [0.1, 0.15) is 17.2 Å². The highest BCUT2D eigenvalue weighted by Crippen LogP contribution is 2.44. The lowest BCUT2D eigenvalue weighted by atomic mass is 9.93. The number of phenolic OH excluding ortho intramolecular Hbond substituents is 2. The van der Waals surface area contributed by atoms with Crippen LogP contribution in [0.5, 0.6) is 17.2 Å². The monoisotopic (exact) mass is 322 g/mol. The van der Waals surface area contributed by atoms with Gasteiger partial charge in [-0.3, -0.25) is 0 Å². The Morgan fingerprint density at radius 3 is 2.54 bits per heavy atom. The van der Waals surface area contributed by atoms with Gasteiger partial charge in [0.25, 0.3) is 0 Å². The first kappa shape index (κ1) is 16.2. The van der Waals surface area contributed by atoms with Crippen LogP contribution in [0.2, 0.25) is 0 Å². The average molecular weight is 322 g/mol. The van der Waals surface area contributed by atoms with E-state index >= 15 is 0 Å². The highest BCUT2D eigenvalue weighted by Gasteiger charge is 2.17. The second kappa shape index (κ2) is 6.83. The van der Waals surface area contributed by atoms with Crippen molar-refractivity contribution in [3.05, 3.63) is 54.1 Å². The first-order chi connectivity index (χ1) is 11.7. The van der Waals surface area contributed by atoms with Gasteiger partial charge < -0.3 is 14.9 Å². The SMILES string of the molecule is CCCCc1cc(OC)cc(-c2c(O)ccc3ccccc23)c1O. The lowest BCUT2D eigenvalue weighted by molar-refractivity contribution is 0.411. The maximum atomic E-state index is 10.8. The summed E-state index contributed by atoms with van der Waals surface area (Å²) in [7, 11) is 1.61. The first-order valence-corrected chi connectivity index (χ1v) is 8.26. The van der Waals surface area contributed by atoms with Crippen LogP contribution in [0, 0.1) is 0 Å². The van der Waals surface area contributed by atoms with E-state index in [9.17, 15) is 10.2 Å². The van der Waals surface area contributed by atoms with Crippen LogP contribution < -0.4 is 4.74 Å². The number of unbranched alkanes of at least 4 members (excludes halogenated alkanes) is 1. The fourth-order valence-electron chi connectivity index (χ4n) is 3.07. The zero-order chi connectivity index (χ0) is 17.1. The fourth-order valence-corrected chi connectivity index (χ4v) is 3.07. The Labute approximate surface area is 142 Å². The minimum Gasteiger partial charge on any atom is -0.507 e. The average Bonchev–Trinajstić information content (AvgIpc) is 2.61. The summed E-state index contributed by atoms with van der Waals surface area (Å²) in [5.41, 5.74) is 2.09. The predicted octanol–water partition coefficient (Wildman–Crippen LogP) is 5.27. The summed E-state index contributed by atoms with van der Waals surface area (Å²) in [6.07, 6.45) is 2.81. The van der Waals surface area contributed by atoms with Gasteiger partial charge in [-0.25, -0.2) is 0 Å². The van der Waals surface area contributed by atoms with Crippen LogP contribution in [0.3, 0.4) is 0 Å². The van der Waals surface area contributed by atoms with Crippen molar-refractivity contribution in [3.63, 3.8) is 0 Å². The maximum Gasteiger partial charge on any atom is 0.127 e. The molecule has 0 saturated heterocycles. The number of ether oxygens (including phenoxy) is 1. The second-order valence-electron chi connectivity index (χ2n) is 5.97. The molecule has 3 aromatic rings. The summed E-state index contributed by atoms with van der Waals surface area (Å²) in [5.74, 6) is 1.05. The van der Waals surface area contributed by atoms with E-state index in [2.05, 4.69) is 6.92 Å². The van der Waals surface area contributed by atoms with Crippen LogP contribution in [0.15, 0.2) is 48.5 Å². The molecule has 0 fully saturated rings. The van der Waals surface area contributed by atoms with Crippen LogP contribution in [0.4, 0.5) is 0 Å². The molecule has 0 atom stereocenters. The van der Waals surface area contributed by atoms with Crippen molar-refractivity contribution in [3.8, 4) is 28.4 Å². The van der Waals surface area contributed by atoms with Crippen LogP contribution >= 0.6 is 0 Å². The Kier molecular flexibility index (Phi) is 4.61. The van der Waals surface area contributed by atoms with Crippen molar-refractivity contribution < 1.29 is 14.9 Å². The molecule has 24 heavy (non-hydrogen) atoms. The molecule has 124 valence electrons. The van der Waals surface area contributed by atoms with Gasteiger partial charge in [0.2, 0.25) is 0 Å². The highest BCUT2D eigenvalue weighted by atomic mass is 16.5. The predicted molar refractivity (Wildman–Crippen MR) is 97.9 cm³/mol. The molecule has 3 aromatic carbocycles. The number of rotatable bonds is 5. The van der Waals surface area contributed by atoms with E-state index in [-0.39, 0.29) is 11.5 Å². The Hall–Kier alpha value is -2.68. The van der Waals surface area contributed by atoms with Gasteiger partial charge in [-0.15, -0.1) is 0 Å². The molecule has 0 heterocycles. The third kappa shape index (κ3) is 2.90. The third-order valence-electron chi connectivity index (χ3n) is 4.37. The summed E-state index contributed by atoms with van der Waals surface area (Å²) < 4.78 is 5.41. The zero-order valence-corrected chi connectivity index (χ0v) is 14.0. The Morgan fingerprint density at radius 2 is 1.79 bits per heavy atom. The van der Waals surface area contributed by atoms with Crippen molar-refractivity contribution in [2.24, 2.45) is 0 Å². The smallest absolute Gasteiger partial charge is 0.127 e. The third-order valence-corrected chi connectivity index (χ3v) is 4.37. The quantitative estimate of drug-likeness (QED) is 0.673. The van der Waals surface area contributed by atoms with E-state index < -0.39 is 0 Å². The summed E-state index contributed by atoms with van der Waals surface area (Å²) in [5, 5.41) is 23.2. The Balaban J connectivity index is 2.28. The van der Waals surface area contributed by atoms with Gasteiger partial charge in [0.15, 0.2) is 0 Å². The molecule has 2 N–H and O–H groups in total. The molecule has 0 bridgehead atoms. The number of aromatic hydroxyl groups is 2. The van der Waals surface area contributed by atoms with Gasteiger partial charge in [-0.05, 0) is 47.4 Å². The zero-order valence-electron chi connectivity index (χ0n) is 14.0. The van der Waals surface area contributed by atoms with E-state index in [0.29, 0.717) is 16.9 Å². The lowest BCUT2D eigenvalue weighted by Crippen LogP contribution is -1.93. The minimum atomic E-state index is 0.152. The maximum absolute atomic E-state index is 10.8. The number of phenols is 2. The molecular formula is C21H22O3. The van der Waals surface area contributed by atoms with E-state index in [1.165, 1.54) is 0 Å². The summed E-state index contributed by atoms with van der Waals surface area (Å²) >= 11 is 0. The molecule has 3 heteroatoms. The molecule has 0 unspecified atom stereocenters. The van der Waals surface area contributed by atoms with Crippen molar-refractivity contribution in [2.45, 2.75) is 26.2 Å². The molecule has 0 aliphatic carbocycles. The van der Waals surface area contributed by atoms with Crippen molar-refractivity contribution in [1.82, 2.24) is 0 Å². The van der Waals surface area contributed by atoms with E-state index in [4.69, 9.17) is 4.74 Å². The second-order valence-corrected chi connectivity index (χ2v) is 5.97. The molecule has 0 saturated carbocycles. The number of fused-ring (bicyclic) bond motifs is 1. The van der Waals surface area contributed by atoms with Gasteiger partial charge >= 0.3 is 0 Å². The number of aryl methyl sites for hydroxylation is 1. The van der Waals surface area contributed by atoms with Gasteiger partial charge in [0, 0.05) is 11.1 Å². The van der Waals surface area contributed by atoms with Gasteiger partial charge in [-0.2, -0.15) is 0 Å². The van der Waals surface area contributed by atoms with Crippen LogP contribution in [0.25, 0.3) is 21.9 Å². The van der Waals surface area contributed by atoms with E-state index in [1.807, 2.05) is 36.4 Å². The van der Waals surface area contributed by atoms with E-state index in [1.54, 1.807) is 19.2 Å². The molecule has 0 amide bonds. The molecule has 0 aliphatic heterocycles. The van der Waals surface area contributed by atoms with Crippen LogP contribution in [-0.4, -0.2) is 17.3 Å². The van der Waals surface area contributed by atoms with Crippen molar-refractivity contribution >= 4 is 10.8 Å². The topological polar surface area (TPSA) is 49.7 Å². The molecular weight excluding hydrogens is 300 g/mol. The minimum absolute atomic E-state index is 0.152. The molecule has 0 aliphatic rings. The normalized spacial score (nSPS) is 10.9. The Morgan fingerprint density at radius 1 is 1.00 bits per heavy atom. The van der Waals surface area contributed by atoms with Crippen LogP contribution in [-0.2, 0) is 6.42 Å². The van der Waals surface area contributed by atoms with Gasteiger partial charge in [-0.1, -0.05) is 43.7 Å². The molecule has 0 spiro atoms. The van der Waals surface area contributed by atoms with Crippen LogP contribution in [0.1, 0.15) is 25.3 Å². The summed E-state index contributed by atoms with van der Waals surface area (Å²) in [6.45, 7) is 2.12. The highest BCUT2D eigenvalue weighted by molar-refractivity contribution is 6.01. The fraction of sp³-hybridized carbons (Fsp3) is 0.238. The number of methoxy groups -OCH3 is 1. The number of hydrogen-bond donors (Lipinski definition) is 2. The standard InChI is InChI=1S/C21H22O3/c1-3-4-7-15-12-16(24-2)13-18(21(15)23)20-17-9-6-5-8-14(17)10-11-19(20)22/h5-6,8-13,22-23H,3-4,7H2,1-2H3. The lowest BCUT2D eigenvalue weighted by Gasteiger charge is -2.15. The number of benzene rings is 3. The molecule has 0 radical (unpaired) electrons. The summed E-state index contributed by atoms with van der Waals surface area (Å²) in [6, 6.07) is 15.0. The molecule has 0 aromatic heterocycles. The van der Waals surface area contributed by atoms with Gasteiger partial charge in [0.05, 0.1) is 7.11 Å². The summed E-state index contributed by atoms with van der Waals surface area (Å²) in [4.78, 5) is 0. The number of hydrogen-bond acceptors (Lipinski definition) is 3. The first-order valence-electron chi connectivity index (χ1n) is 8.26. The molecule has 3 nitrogen and oxygen atoms in total. The van der Waals surface area contributed by atoms with Crippen molar-refractivity contribution in [1.29, 1.82) is 0 Å². The molecule has 3 rings (SSSR count). The Bertz CT molecular complexity index is 868. The largest absolute Gasteiger partial charge is 0.507 e. The van der Waals surface area contributed by atoms with Crippen molar-refractivity contribution in [2.75, 3.05) is 7.11 Å². The van der Waals surface area contributed by atoms with E-state index in [0.717, 1.165) is 35.6 Å².